The Hall–Kier alpha value is -2.12. The van der Waals surface area contributed by atoms with Crippen LogP contribution in [0, 0.1) is 18.6 Å². The molecule has 1 atom stereocenters. The Kier molecular flexibility index (Phi) is 4.73. The molecular formula is C17H14F2N2OS2. The number of aryl methyl sites for hydroxylation is 1. The number of hydrogen-bond acceptors (Lipinski definition) is 4. The van der Waals surface area contributed by atoms with Crippen molar-refractivity contribution < 1.29 is 13.6 Å². The number of aromatic nitrogens is 1. The lowest BCUT2D eigenvalue weighted by molar-refractivity contribution is 0.0942. The van der Waals surface area contributed by atoms with Crippen LogP contribution in [0.25, 0.3) is 9.88 Å². The zero-order chi connectivity index (χ0) is 17.3. The highest BCUT2D eigenvalue weighted by Crippen LogP contribution is 2.31. The molecule has 2 heterocycles. The second-order valence-corrected chi connectivity index (χ2v) is 7.22. The highest BCUT2D eigenvalue weighted by atomic mass is 32.1. The fourth-order valence-electron chi connectivity index (χ4n) is 2.31. The van der Waals surface area contributed by atoms with Crippen LogP contribution in [-0.4, -0.2) is 10.9 Å². The minimum absolute atomic E-state index is 0.241. The van der Waals surface area contributed by atoms with Gasteiger partial charge in [-0.2, -0.15) is 0 Å². The summed E-state index contributed by atoms with van der Waals surface area (Å²) in [5, 5.41) is 5.48. The van der Waals surface area contributed by atoms with Crippen LogP contribution >= 0.6 is 22.7 Å². The predicted octanol–water partition coefficient (Wildman–Crippen LogP) is 4.95. The van der Waals surface area contributed by atoms with Crippen molar-refractivity contribution in [1.29, 1.82) is 0 Å². The molecule has 124 valence electrons. The summed E-state index contributed by atoms with van der Waals surface area (Å²) in [4.78, 5) is 18.4. The molecule has 0 aliphatic carbocycles. The second kappa shape index (κ2) is 6.78. The molecule has 0 unspecified atom stereocenters. The average molecular weight is 364 g/mol. The first-order chi connectivity index (χ1) is 11.5. The molecule has 1 amide bonds. The zero-order valence-corrected chi connectivity index (χ0v) is 14.6. The van der Waals surface area contributed by atoms with E-state index in [9.17, 15) is 13.6 Å². The highest BCUT2D eigenvalue weighted by Gasteiger charge is 2.20. The molecule has 0 bridgehead atoms. The van der Waals surface area contributed by atoms with E-state index in [0.29, 0.717) is 10.6 Å². The van der Waals surface area contributed by atoms with Crippen LogP contribution in [0.15, 0.2) is 35.7 Å². The fourth-order valence-corrected chi connectivity index (χ4v) is 4.07. The van der Waals surface area contributed by atoms with Gasteiger partial charge in [0.05, 0.1) is 16.6 Å². The van der Waals surface area contributed by atoms with Crippen LogP contribution in [0.5, 0.6) is 0 Å². The number of hydrogen-bond donors (Lipinski definition) is 1. The molecule has 1 N–H and O–H groups in total. The lowest BCUT2D eigenvalue weighted by atomic mass is 10.1. The quantitative estimate of drug-likeness (QED) is 0.712. The van der Waals surface area contributed by atoms with E-state index in [2.05, 4.69) is 10.3 Å². The van der Waals surface area contributed by atoms with Crippen LogP contribution in [0.2, 0.25) is 0 Å². The molecule has 24 heavy (non-hydrogen) atoms. The third-order valence-corrected chi connectivity index (χ3v) is 5.71. The molecule has 0 saturated heterocycles. The van der Waals surface area contributed by atoms with Crippen LogP contribution in [-0.2, 0) is 0 Å². The summed E-state index contributed by atoms with van der Waals surface area (Å²) < 4.78 is 26.8. The van der Waals surface area contributed by atoms with Crippen molar-refractivity contribution in [2.45, 2.75) is 19.9 Å². The smallest absolute Gasteiger partial charge is 0.263 e. The molecule has 0 fully saturated rings. The standard InChI is InChI=1S/C17H14F2N2OS2/c1-9(12-6-5-11(18)8-13(12)19)20-16(22)15-10(2)21-17(24-15)14-4-3-7-23-14/h3-9H,1-2H3,(H,20,22)/t9-/m0/s1. The predicted molar refractivity (Wildman–Crippen MR) is 92.4 cm³/mol. The molecule has 3 aromatic rings. The van der Waals surface area contributed by atoms with Crippen molar-refractivity contribution >= 4 is 28.6 Å². The van der Waals surface area contributed by atoms with Gasteiger partial charge in [-0.3, -0.25) is 4.79 Å². The average Bonchev–Trinajstić information content (AvgIpc) is 3.15. The molecule has 1 aromatic carbocycles. The van der Waals surface area contributed by atoms with Gasteiger partial charge < -0.3 is 5.32 Å². The normalized spacial score (nSPS) is 12.2. The number of thiophene rings is 1. The van der Waals surface area contributed by atoms with E-state index >= 15 is 0 Å². The first-order valence-corrected chi connectivity index (χ1v) is 8.92. The van der Waals surface area contributed by atoms with Crippen LogP contribution < -0.4 is 5.32 Å². The Bertz CT molecular complexity index is 875. The number of amides is 1. The molecule has 3 nitrogen and oxygen atoms in total. The number of rotatable bonds is 4. The van der Waals surface area contributed by atoms with Gasteiger partial charge in [-0.1, -0.05) is 12.1 Å². The maximum atomic E-state index is 13.8. The first kappa shape index (κ1) is 16.7. The summed E-state index contributed by atoms with van der Waals surface area (Å²) in [6.45, 7) is 3.43. The van der Waals surface area contributed by atoms with Crippen LogP contribution in [0.1, 0.15) is 33.9 Å². The summed E-state index contributed by atoms with van der Waals surface area (Å²) in [6.07, 6.45) is 0. The molecule has 0 aliphatic heterocycles. The fraction of sp³-hybridized carbons (Fsp3) is 0.176. The number of carbonyl (C=O) groups excluding carboxylic acids is 1. The van der Waals surface area contributed by atoms with Gasteiger partial charge in [-0.05, 0) is 31.4 Å². The Balaban J connectivity index is 1.80. The summed E-state index contributed by atoms with van der Waals surface area (Å²) in [7, 11) is 0. The van der Waals surface area contributed by atoms with Gasteiger partial charge >= 0.3 is 0 Å². The molecule has 7 heteroatoms. The minimum atomic E-state index is -0.678. The van der Waals surface area contributed by atoms with Gasteiger partial charge in [0.15, 0.2) is 0 Å². The molecule has 0 saturated carbocycles. The molecule has 0 aliphatic rings. The van der Waals surface area contributed by atoms with E-state index in [4.69, 9.17) is 0 Å². The number of thiazole rings is 1. The lowest BCUT2D eigenvalue weighted by Gasteiger charge is -2.14. The van der Waals surface area contributed by atoms with E-state index in [-0.39, 0.29) is 11.5 Å². The number of nitrogens with one attached hydrogen (secondary N) is 1. The third-order valence-electron chi connectivity index (χ3n) is 3.51. The van der Waals surface area contributed by atoms with Gasteiger partial charge in [0.2, 0.25) is 0 Å². The Labute approximate surface area is 146 Å². The first-order valence-electron chi connectivity index (χ1n) is 7.23. The van der Waals surface area contributed by atoms with E-state index in [0.717, 1.165) is 16.0 Å². The molecular weight excluding hydrogens is 350 g/mol. The SMILES string of the molecule is Cc1nc(-c2cccs2)sc1C(=O)N[C@@H](C)c1ccc(F)cc1F. The molecule has 2 aromatic heterocycles. The Morgan fingerprint density at radius 2 is 2.08 bits per heavy atom. The van der Waals surface area contributed by atoms with Crippen LogP contribution in [0.3, 0.4) is 0 Å². The van der Waals surface area contributed by atoms with Gasteiger partial charge in [-0.15, -0.1) is 22.7 Å². The van der Waals surface area contributed by atoms with E-state index in [1.165, 1.54) is 23.5 Å². The topological polar surface area (TPSA) is 42.0 Å². The number of halogens is 2. The number of carbonyl (C=O) groups is 1. The Morgan fingerprint density at radius 3 is 2.75 bits per heavy atom. The van der Waals surface area contributed by atoms with Gasteiger partial charge in [0.25, 0.3) is 5.91 Å². The summed E-state index contributed by atoms with van der Waals surface area (Å²) in [5.41, 5.74) is 0.873. The van der Waals surface area contributed by atoms with E-state index < -0.39 is 17.7 Å². The van der Waals surface area contributed by atoms with Crippen molar-refractivity contribution in [3.8, 4) is 9.88 Å². The zero-order valence-electron chi connectivity index (χ0n) is 13.0. The summed E-state index contributed by atoms with van der Waals surface area (Å²) in [6, 6.07) is 6.62. The monoisotopic (exact) mass is 364 g/mol. The van der Waals surface area contributed by atoms with Crippen molar-refractivity contribution in [3.63, 3.8) is 0 Å². The molecule has 0 spiro atoms. The third kappa shape index (κ3) is 3.37. The van der Waals surface area contributed by atoms with Crippen molar-refractivity contribution in [3.05, 3.63) is 63.5 Å². The van der Waals surface area contributed by atoms with Gasteiger partial charge in [-0.25, -0.2) is 13.8 Å². The van der Waals surface area contributed by atoms with Crippen molar-refractivity contribution in [1.82, 2.24) is 10.3 Å². The van der Waals surface area contributed by atoms with E-state index in [1.54, 1.807) is 25.2 Å². The second-order valence-electron chi connectivity index (χ2n) is 5.27. The summed E-state index contributed by atoms with van der Waals surface area (Å²) in [5.74, 6) is -1.64. The molecule has 0 radical (unpaired) electrons. The maximum absolute atomic E-state index is 13.8. The Morgan fingerprint density at radius 1 is 1.29 bits per heavy atom. The van der Waals surface area contributed by atoms with E-state index in [1.807, 2.05) is 17.5 Å². The van der Waals surface area contributed by atoms with Crippen molar-refractivity contribution in [2.75, 3.05) is 0 Å². The van der Waals surface area contributed by atoms with Crippen LogP contribution in [0.4, 0.5) is 8.78 Å². The minimum Gasteiger partial charge on any atom is -0.345 e. The number of benzene rings is 1. The van der Waals surface area contributed by atoms with Crippen molar-refractivity contribution in [2.24, 2.45) is 0 Å². The lowest BCUT2D eigenvalue weighted by Crippen LogP contribution is -2.27. The van der Waals surface area contributed by atoms with Gasteiger partial charge in [0, 0.05) is 11.6 Å². The highest BCUT2D eigenvalue weighted by molar-refractivity contribution is 7.22. The van der Waals surface area contributed by atoms with Gasteiger partial charge in [0.1, 0.15) is 21.5 Å². The molecule has 3 rings (SSSR count). The summed E-state index contributed by atoms with van der Waals surface area (Å²) >= 11 is 2.86. The number of nitrogens with zero attached hydrogens (tertiary/aromatic N) is 1. The largest absolute Gasteiger partial charge is 0.345 e. The maximum Gasteiger partial charge on any atom is 0.263 e.